The van der Waals surface area contributed by atoms with Gasteiger partial charge in [-0.2, -0.15) is 0 Å². The smallest absolute Gasteiger partial charge is 0.193 e. The van der Waals surface area contributed by atoms with Crippen LogP contribution >= 0.6 is 0 Å². The number of benzene rings is 2. The molecule has 0 saturated heterocycles. The van der Waals surface area contributed by atoms with Crippen LogP contribution in [0.25, 0.3) is 23.1 Å². The average molecular weight is 304 g/mol. The van der Waals surface area contributed by atoms with Crippen molar-refractivity contribution in [2.24, 2.45) is 0 Å². The van der Waals surface area contributed by atoms with Gasteiger partial charge in [0.15, 0.2) is 5.43 Å². The molecule has 0 bridgehead atoms. The van der Waals surface area contributed by atoms with E-state index in [9.17, 15) is 4.79 Å². The third-order valence-corrected chi connectivity index (χ3v) is 3.87. The van der Waals surface area contributed by atoms with E-state index < -0.39 is 0 Å². The van der Waals surface area contributed by atoms with Crippen LogP contribution in [-0.2, 0) is 5.41 Å². The average Bonchev–Trinajstić information content (AvgIpc) is 2.52. The summed E-state index contributed by atoms with van der Waals surface area (Å²) in [4.78, 5) is 12.1. The quantitative estimate of drug-likeness (QED) is 0.646. The van der Waals surface area contributed by atoms with Gasteiger partial charge >= 0.3 is 0 Å². The summed E-state index contributed by atoms with van der Waals surface area (Å²) >= 11 is 0. The normalized spacial score (nSPS) is 12.1. The molecule has 1 heterocycles. The molecule has 0 aliphatic carbocycles. The van der Waals surface area contributed by atoms with Gasteiger partial charge < -0.3 is 4.42 Å². The first kappa shape index (κ1) is 15.3. The first-order valence-corrected chi connectivity index (χ1v) is 7.75. The minimum Gasteiger partial charge on any atom is -0.456 e. The first-order valence-electron chi connectivity index (χ1n) is 7.75. The summed E-state index contributed by atoms with van der Waals surface area (Å²) in [6.45, 7) is 6.59. The van der Waals surface area contributed by atoms with Crippen molar-refractivity contribution >= 4 is 23.1 Å². The lowest BCUT2D eigenvalue weighted by molar-refractivity contribution is 0.590. The van der Waals surface area contributed by atoms with E-state index in [1.54, 1.807) is 6.07 Å². The Labute approximate surface area is 136 Å². The fourth-order valence-corrected chi connectivity index (χ4v) is 2.48. The van der Waals surface area contributed by atoms with Crippen molar-refractivity contribution in [2.75, 3.05) is 0 Å². The fraction of sp³-hybridized carbons (Fsp3) is 0.190. The molecule has 0 saturated carbocycles. The summed E-state index contributed by atoms with van der Waals surface area (Å²) in [5, 5.41) is 0.610. The topological polar surface area (TPSA) is 30.2 Å². The first-order chi connectivity index (χ1) is 10.9. The Kier molecular flexibility index (Phi) is 3.91. The minimum atomic E-state index is -0.0189. The van der Waals surface area contributed by atoms with Gasteiger partial charge in [-0.1, -0.05) is 63.2 Å². The molecular formula is C21H20O2. The molecule has 116 valence electrons. The third-order valence-electron chi connectivity index (χ3n) is 3.87. The molecule has 1 aromatic heterocycles. The summed E-state index contributed by atoms with van der Waals surface area (Å²) in [5.41, 5.74) is 3.12. The van der Waals surface area contributed by atoms with Crippen LogP contribution in [0.2, 0.25) is 0 Å². The van der Waals surface area contributed by atoms with Crippen molar-refractivity contribution in [1.29, 1.82) is 0 Å². The Balaban J connectivity index is 1.89. The second kappa shape index (κ2) is 5.88. The lowest BCUT2D eigenvalue weighted by atomic mass is 9.87. The highest BCUT2D eigenvalue weighted by atomic mass is 16.3. The molecule has 0 atom stereocenters. The molecule has 0 unspecified atom stereocenters. The van der Waals surface area contributed by atoms with Gasteiger partial charge in [0.05, 0.1) is 5.39 Å². The highest BCUT2D eigenvalue weighted by Gasteiger charge is 2.12. The number of rotatable bonds is 2. The van der Waals surface area contributed by atoms with E-state index >= 15 is 0 Å². The predicted molar refractivity (Wildman–Crippen MR) is 96.6 cm³/mol. The van der Waals surface area contributed by atoms with Crippen molar-refractivity contribution in [2.45, 2.75) is 26.2 Å². The van der Waals surface area contributed by atoms with Gasteiger partial charge in [0, 0.05) is 6.07 Å². The van der Waals surface area contributed by atoms with Gasteiger partial charge in [-0.3, -0.25) is 4.79 Å². The fourth-order valence-electron chi connectivity index (χ4n) is 2.48. The number of fused-ring (bicyclic) bond motifs is 1. The van der Waals surface area contributed by atoms with Crippen LogP contribution in [0.4, 0.5) is 0 Å². The zero-order chi connectivity index (χ0) is 16.4. The van der Waals surface area contributed by atoms with Crippen LogP contribution in [0.3, 0.4) is 0 Å². The molecule has 0 spiro atoms. The molecule has 2 aromatic carbocycles. The molecule has 2 nitrogen and oxygen atoms in total. The second-order valence-electron chi connectivity index (χ2n) is 6.71. The molecule has 2 heteroatoms. The van der Waals surface area contributed by atoms with E-state index in [1.165, 1.54) is 11.6 Å². The predicted octanol–water partition coefficient (Wildman–Crippen LogP) is 5.26. The zero-order valence-corrected chi connectivity index (χ0v) is 13.7. The van der Waals surface area contributed by atoms with Crippen molar-refractivity contribution in [3.63, 3.8) is 0 Å². The standard InChI is InChI=1S/C21H20O2/c1-21(2,3)16-11-8-15(9-12-16)10-13-17-14-19(22)18-6-4-5-7-20(18)23-17/h4-14H,1-3H3/b13-10+. The highest BCUT2D eigenvalue weighted by molar-refractivity contribution is 5.78. The maximum Gasteiger partial charge on any atom is 0.193 e. The monoisotopic (exact) mass is 304 g/mol. The molecule has 0 aliphatic heterocycles. The van der Waals surface area contributed by atoms with Crippen molar-refractivity contribution in [3.05, 3.63) is 81.7 Å². The Bertz CT molecular complexity index is 907. The molecule has 3 aromatic rings. The van der Waals surface area contributed by atoms with Crippen LogP contribution in [0.1, 0.15) is 37.7 Å². The largest absolute Gasteiger partial charge is 0.456 e. The summed E-state index contributed by atoms with van der Waals surface area (Å²) < 4.78 is 5.76. The second-order valence-corrected chi connectivity index (χ2v) is 6.71. The molecule has 0 fully saturated rings. The minimum absolute atomic E-state index is 0.0189. The van der Waals surface area contributed by atoms with Crippen LogP contribution in [0.5, 0.6) is 0 Å². The van der Waals surface area contributed by atoms with E-state index in [-0.39, 0.29) is 10.8 Å². The molecule has 3 rings (SSSR count). The van der Waals surface area contributed by atoms with Gasteiger partial charge in [-0.15, -0.1) is 0 Å². The van der Waals surface area contributed by atoms with E-state index in [0.29, 0.717) is 16.7 Å². The number of hydrogen-bond acceptors (Lipinski definition) is 2. The summed E-state index contributed by atoms with van der Waals surface area (Å²) in [6.07, 6.45) is 3.79. The number of para-hydroxylation sites is 1. The van der Waals surface area contributed by atoms with Crippen LogP contribution in [-0.4, -0.2) is 0 Å². The van der Waals surface area contributed by atoms with Gasteiger partial charge in [-0.05, 0) is 34.8 Å². The molecule has 0 aliphatic rings. The summed E-state index contributed by atoms with van der Waals surface area (Å²) in [5.74, 6) is 0.564. The third kappa shape index (κ3) is 3.42. The summed E-state index contributed by atoms with van der Waals surface area (Å²) in [7, 11) is 0. The van der Waals surface area contributed by atoms with E-state index in [2.05, 4.69) is 45.0 Å². The van der Waals surface area contributed by atoms with Gasteiger partial charge in [0.1, 0.15) is 11.3 Å². The maximum atomic E-state index is 12.1. The van der Waals surface area contributed by atoms with E-state index in [0.717, 1.165) is 5.56 Å². The highest BCUT2D eigenvalue weighted by Crippen LogP contribution is 2.22. The lowest BCUT2D eigenvalue weighted by Gasteiger charge is -2.18. The van der Waals surface area contributed by atoms with E-state index in [4.69, 9.17) is 4.42 Å². The van der Waals surface area contributed by atoms with E-state index in [1.807, 2.05) is 30.4 Å². The van der Waals surface area contributed by atoms with Gasteiger partial charge in [0.25, 0.3) is 0 Å². The Hall–Kier alpha value is -2.61. The molecule has 0 N–H and O–H groups in total. The molecule has 23 heavy (non-hydrogen) atoms. The van der Waals surface area contributed by atoms with Crippen LogP contribution in [0, 0.1) is 0 Å². The van der Waals surface area contributed by atoms with Gasteiger partial charge in [0.2, 0.25) is 0 Å². The van der Waals surface area contributed by atoms with Crippen molar-refractivity contribution in [1.82, 2.24) is 0 Å². The van der Waals surface area contributed by atoms with Crippen molar-refractivity contribution < 1.29 is 4.42 Å². The number of hydrogen-bond donors (Lipinski definition) is 0. The van der Waals surface area contributed by atoms with Crippen molar-refractivity contribution in [3.8, 4) is 0 Å². The molecular weight excluding hydrogens is 284 g/mol. The summed E-state index contributed by atoms with van der Waals surface area (Å²) in [6, 6.07) is 17.3. The lowest BCUT2D eigenvalue weighted by Crippen LogP contribution is -2.10. The Morgan fingerprint density at radius 3 is 2.30 bits per heavy atom. The maximum absolute atomic E-state index is 12.1. The zero-order valence-electron chi connectivity index (χ0n) is 13.7. The van der Waals surface area contributed by atoms with Gasteiger partial charge in [-0.25, -0.2) is 0 Å². The van der Waals surface area contributed by atoms with Crippen LogP contribution in [0.15, 0.2) is 63.8 Å². The van der Waals surface area contributed by atoms with Crippen LogP contribution < -0.4 is 5.43 Å². The Morgan fingerprint density at radius 1 is 0.913 bits per heavy atom. The molecule has 0 amide bonds. The SMILES string of the molecule is CC(C)(C)c1ccc(/C=C/c2cc(=O)c3ccccc3o2)cc1. The molecule has 0 radical (unpaired) electrons. The Morgan fingerprint density at radius 2 is 1.61 bits per heavy atom.